The fraction of sp³-hybridized carbons (Fsp3) is 0.750. The van der Waals surface area contributed by atoms with Crippen LogP contribution in [-0.4, -0.2) is 115 Å². The Hall–Kier alpha value is -1.01. The second-order valence-electron chi connectivity index (χ2n) is 9.75. The van der Waals surface area contributed by atoms with Gasteiger partial charge in [-0.15, -0.1) is 0 Å². The van der Waals surface area contributed by atoms with Gasteiger partial charge in [0.2, 0.25) is 0 Å². The maximum Gasteiger partial charge on any atom is 0.475 e. The summed E-state index contributed by atoms with van der Waals surface area (Å²) in [6.45, 7) is 4.37. The third-order valence-electron chi connectivity index (χ3n) is 7.00. The summed E-state index contributed by atoms with van der Waals surface area (Å²) in [7, 11) is 0.898. The smallest absolute Gasteiger partial charge is 0.393 e. The summed E-state index contributed by atoms with van der Waals surface area (Å²) in [5.41, 5.74) is 6.57. The molecule has 0 bridgehead atoms. The zero-order valence-corrected chi connectivity index (χ0v) is 25.5. The van der Waals surface area contributed by atoms with Crippen LogP contribution in [0, 0.1) is 5.92 Å². The minimum atomic E-state index is -4.00. The number of nitrogens with two attached hydrogens (primary N) is 1. The van der Waals surface area contributed by atoms with E-state index < -0.39 is 44.4 Å². The van der Waals surface area contributed by atoms with Crippen LogP contribution in [0.1, 0.15) is 13.2 Å². The maximum absolute atomic E-state index is 13.8. The van der Waals surface area contributed by atoms with Crippen LogP contribution in [0.25, 0.3) is 11.0 Å². The summed E-state index contributed by atoms with van der Waals surface area (Å²) in [6, 6.07) is 1.79. The fourth-order valence-electron chi connectivity index (χ4n) is 4.98. The molecule has 0 spiro atoms. The topological polar surface area (TPSA) is 168 Å². The molecule has 0 aliphatic carbocycles. The van der Waals surface area contributed by atoms with Gasteiger partial charge in [-0.05, 0) is 13.0 Å². The molecule has 3 aliphatic rings. The molecule has 14 nitrogen and oxygen atoms in total. The molecule has 3 fully saturated rings. The maximum atomic E-state index is 13.8. The van der Waals surface area contributed by atoms with Gasteiger partial charge >= 0.3 is 7.82 Å². The Bertz CT molecular complexity index is 1180. The number of aliphatic hydroxyl groups is 1. The summed E-state index contributed by atoms with van der Waals surface area (Å²) in [6.07, 6.45) is -0.509. The van der Waals surface area contributed by atoms with Crippen molar-refractivity contribution in [2.45, 2.75) is 43.7 Å². The number of methoxy groups -OCH3 is 1. The van der Waals surface area contributed by atoms with Crippen molar-refractivity contribution in [1.29, 1.82) is 0 Å². The van der Waals surface area contributed by atoms with Crippen molar-refractivity contribution in [1.82, 2.24) is 14.5 Å². The normalized spacial score (nSPS) is 32.8. The highest BCUT2D eigenvalue weighted by Crippen LogP contribution is 2.60. The largest absolute Gasteiger partial charge is 0.475 e. The van der Waals surface area contributed by atoms with Crippen molar-refractivity contribution in [3.63, 3.8) is 0 Å². The Morgan fingerprint density at radius 2 is 1.88 bits per heavy atom. The van der Waals surface area contributed by atoms with E-state index in [0.29, 0.717) is 68.0 Å². The molecule has 3 aliphatic heterocycles. The number of hydrogen-bond acceptors (Lipinski definition) is 15. The third-order valence-corrected chi connectivity index (χ3v) is 10.9. The average molecular weight is 637 g/mol. The molecule has 5 rings (SSSR count). The number of ether oxygens (including phenoxy) is 5. The van der Waals surface area contributed by atoms with E-state index in [2.05, 4.69) is 9.97 Å². The van der Waals surface area contributed by atoms with Crippen molar-refractivity contribution in [3.8, 4) is 0 Å². The van der Waals surface area contributed by atoms with Crippen molar-refractivity contribution in [2.75, 3.05) is 70.6 Å². The Kier molecular flexibility index (Phi) is 11.2. The number of aliphatic hydroxyl groups excluding tert-OH is 1. The molecule has 2 aromatic heterocycles. The quantitative estimate of drug-likeness (QED) is 0.176. The molecule has 3 N–H and O–H groups in total. The highest BCUT2D eigenvalue weighted by atomic mass is 33.1. The predicted octanol–water partition coefficient (Wildman–Crippen LogP) is 2.28. The van der Waals surface area contributed by atoms with Gasteiger partial charge < -0.3 is 39.1 Å². The minimum absolute atomic E-state index is 0.0155. The van der Waals surface area contributed by atoms with Gasteiger partial charge in [0.05, 0.1) is 69.8 Å². The van der Waals surface area contributed by atoms with Gasteiger partial charge in [0.15, 0.2) is 0 Å². The summed E-state index contributed by atoms with van der Waals surface area (Å²) in [5, 5.41) is 11.4. The van der Waals surface area contributed by atoms with E-state index in [0.717, 1.165) is 0 Å². The van der Waals surface area contributed by atoms with Gasteiger partial charge in [0, 0.05) is 24.8 Å². The number of anilines is 1. The van der Waals surface area contributed by atoms with Crippen molar-refractivity contribution < 1.29 is 46.9 Å². The van der Waals surface area contributed by atoms with Gasteiger partial charge in [0.25, 0.3) is 0 Å². The van der Waals surface area contributed by atoms with Crippen LogP contribution in [0.4, 0.5) is 5.82 Å². The molecule has 4 unspecified atom stereocenters. The Morgan fingerprint density at radius 1 is 1.15 bits per heavy atom. The lowest BCUT2D eigenvalue weighted by Gasteiger charge is -2.37. The van der Waals surface area contributed by atoms with E-state index >= 15 is 0 Å². The van der Waals surface area contributed by atoms with E-state index in [1.807, 2.05) is 0 Å². The van der Waals surface area contributed by atoms with E-state index in [-0.39, 0.29) is 12.7 Å². The number of hydrogen-bond donors (Lipinski definition) is 2. The average Bonchev–Trinajstić information content (AvgIpc) is 3.55. The first kappa shape index (κ1) is 31.4. The summed E-state index contributed by atoms with van der Waals surface area (Å²) >= 11 is 0. The monoisotopic (exact) mass is 636 g/mol. The number of nitrogens with zero attached hydrogens (tertiary/aromatic N) is 3. The Balaban J connectivity index is 1.18. The van der Waals surface area contributed by atoms with Crippen molar-refractivity contribution in [3.05, 3.63) is 18.6 Å². The Morgan fingerprint density at radius 3 is 2.63 bits per heavy atom. The number of phosphoric ester groups is 1. The number of aromatic nitrogens is 3. The number of fused-ring (bicyclic) bond motifs is 2. The predicted molar refractivity (Wildman–Crippen MR) is 152 cm³/mol. The second kappa shape index (κ2) is 14.6. The first-order chi connectivity index (χ1) is 19.9. The lowest BCUT2D eigenvalue weighted by molar-refractivity contribution is -0.0870. The number of phosphoric acid groups is 1. The molecular formula is C24H37N4O10PS2. The molecule has 0 amide bonds. The molecule has 230 valence electrons. The molecule has 8 atom stereocenters. The summed E-state index contributed by atoms with van der Waals surface area (Å²) in [4.78, 5) is 8.38. The van der Waals surface area contributed by atoms with Gasteiger partial charge in [-0.2, -0.15) is 0 Å². The molecule has 0 radical (unpaired) electrons. The molecule has 17 heteroatoms. The van der Waals surface area contributed by atoms with Crippen LogP contribution in [0.3, 0.4) is 0 Å². The molecule has 0 saturated carbocycles. The van der Waals surface area contributed by atoms with Crippen LogP contribution < -0.4 is 5.73 Å². The van der Waals surface area contributed by atoms with Crippen LogP contribution in [-0.2, 0) is 41.8 Å². The first-order valence-electron chi connectivity index (χ1n) is 13.4. The summed E-state index contributed by atoms with van der Waals surface area (Å²) in [5.74, 6) is 0.957. The summed E-state index contributed by atoms with van der Waals surface area (Å²) < 4.78 is 61.4. The van der Waals surface area contributed by atoms with Crippen LogP contribution in [0.15, 0.2) is 18.6 Å². The van der Waals surface area contributed by atoms with Crippen LogP contribution in [0.2, 0.25) is 0 Å². The zero-order valence-electron chi connectivity index (χ0n) is 22.9. The zero-order chi connectivity index (χ0) is 28.8. The standard InChI is InChI=1S/C24H37N4O10PS2/c1-15(29)20-21-17(36-24(20)28-4-3-16-22(25)26-14-27-23(16)28)11-35-39(30,38-21)37-19-13-41-40-12-18(19)34-10-9-33-8-7-32-6-5-31-2/h3-4,14-15,17-21,24,29H,5-13H2,1-2H3,(H2,25,26,27)/t15?,17-,18+,19+,20?,21-,24?,39?/m1/s1. The molecule has 41 heavy (non-hydrogen) atoms. The highest BCUT2D eigenvalue weighted by Gasteiger charge is 2.56. The molecule has 3 saturated heterocycles. The first-order valence-corrected chi connectivity index (χ1v) is 17.4. The van der Waals surface area contributed by atoms with Gasteiger partial charge in [-0.3, -0.25) is 13.6 Å². The number of nitrogen functional groups attached to an aromatic ring is 1. The van der Waals surface area contributed by atoms with Crippen molar-refractivity contribution >= 4 is 46.3 Å². The SMILES string of the molecule is COCCOCCOCCO[C@H]1CSSC[C@@H]1OP1(=O)OC[C@H]2OC(n3ccc4c(N)ncnc43)C(C(C)O)[C@@H]2O1. The lowest BCUT2D eigenvalue weighted by atomic mass is 9.94. The van der Waals surface area contributed by atoms with Crippen molar-refractivity contribution in [2.24, 2.45) is 5.92 Å². The lowest BCUT2D eigenvalue weighted by Crippen LogP contribution is -2.43. The molecule has 5 heterocycles. The fourth-order valence-corrected chi connectivity index (χ4v) is 9.13. The minimum Gasteiger partial charge on any atom is -0.393 e. The molecular weight excluding hydrogens is 599 g/mol. The van der Waals surface area contributed by atoms with Crippen LogP contribution >= 0.6 is 29.4 Å². The number of rotatable bonds is 14. The van der Waals surface area contributed by atoms with E-state index in [9.17, 15) is 9.67 Å². The third kappa shape index (κ3) is 7.56. The molecule has 0 aromatic carbocycles. The van der Waals surface area contributed by atoms with Crippen LogP contribution in [0.5, 0.6) is 0 Å². The second-order valence-corrected chi connectivity index (χ2v) is 13.9. The molecule has 2 aromatic rings. The highest BCUT2D eigenvalue weighted by molar-refractivity contribution is 8.76. The Labute approximate surface area is 246 Å². The van der Waals surface area contributed by atoms with Gasteiger partial charge in [-0.1, -0.05) is 21.6 Å². The van der Waals surface area contributed by atoms with E-state index in [1.54, 1.807) is 52.5 Å². The van der Waals surface area contributed by atoms with E-state index in [4.69, 9.17) is 43.0 Å². The van der Waals surface area contributed by atoms with E-state index in [1.165, 1.54) is 6.33 Å². The van der Waals surface area contributed by atoms with Gasteiger partial charge in [0.1, 0.15) is 42.3 Å². The van der Waals surface area contributed by atoms with Gasteiger partial charge in [-0.25, -0.2) is 14.5 Å².